The average molecular weight is 406 g/mol. The molecule has 8 heteroatoms. The summed E-state index contributed by atoms with van der Waals surface area (Å²) in [6, 6.07) is 6.11. The van der Waals surface area contributed by atoms with Gasteiger partial charge < -0.3 is 19.7 Å². The predicted octanol–water partition coefficient (Wildman–Crippen LogP) is 2.83. The van der Waals surface area contributed by atoms with Crippen LogP contribution in [0.1, 0.15) is 18.7 Å². The number of aryl methyl sites for hydroxylation is 1. The molecule has 0 amide bonds. The normalized spacial score (nSPS) is 21.3. The molecule has 3 aromatic rings. The molecule has 2 aliphatic rings. The zero-order valence-corrected chi connectivity index (χ0v) is 17.1. The summed E-state index contributed by atoms with van der Waals surface area (Å²) >= 11 is 0. The van der Waals surface area contributed by atoms with E-state index in [0.717, 1.165) is 79.8 Å². The van der Waals surface area contributed by atoms with Gasteiger partial charge in [0.1, 0.15) is 22.9 Å². The Morgan fingerprint density at radius 1 is 1.10 bits per heavy atom. The second-order valence-electron chi connectivity index (χ2n) is 7.91. The number of anilines is 2. The van der Waals surface area contributed by atoms with Crippen molar-refractivity contribution >= 4 is 22.5 Å². The summed E-state index contributed by atoms with van der Waals surface area (Å²) in [6.45, 7) is 6.05. The van der Waals surface area contributed by atoms with Gasteiger partial charge in [0.05, 0.1) is 24.8 Å². The molecular weight excluding hydrogens is 380 g/mol. The molecule has 1 aliphatic heterocycles. The largest absolute Gasteiger partial charge is 0.488 e. The van der Waals surface area contributed by atoms with Gasteiger partial charge in [-0.05, 0) is 37.8 Å². The van der Waals surface area contributed by atoms with Crippen LogP contribution in [0.2, 0.25) is 0 Å². The van der Waals surface area contributed by atoms with E-state index in [1.165, 1.54) is 0 Å². The van der Waals surface area contributed by atoms with E-state index in [-0.39, 0.29) is 6.10 Å². The van der Waals surface area contributed by atoms with Gasteiger partial charge in [0.15, 0.2) is 0 Å². The summed E-state index contributed by atoms with van der Waals surface area (Å²) in [7, 11) is 0. The third-order valence-electron chi connectivity index (χ3n) is 5.73. The second-order valence-corrected chi connectivity index (χ2v) is 7.91. The molecule has 8 nitrogen and oxygen atoms in total. The smallest absolute Gasteiger partial charge is 0.149 e. The first-order valence-corrected chi connectivity index (χ1v) is 10.5. The van der Waals surface area contributed by atoms with Crippen LogP contribution in [0.5, 0.6) is 5.75 Å². The van der Waals surface area contributed by atoms with E-state index >= 15 is 0 Å². The number of hydrogen-bond donors (Lipinski definition) is 1. The van der Waals surface area contributed by atoms with E-state index in [4.69, 9.17) is 9.47 Å². The van der Waals surface area contributed by atoms with E-state index < -0.39 is 0 Å². The number of nitrogens with one attached hydrogen (secondary N) is 1. The van der Waals surface area contributed by atoms with Crippen LogP contribution in [0.25, 0.3) is 11.0 Å². The van der Waals surface area contributed by atoms with E-state index in [9.17, 15) is 0 Å². The molecule has 1 saturated carbocycles. The van der Waals surface area contributed by atoms with Crippen molar-refractivity contribution in [3.63, 3.8) is 0 Å². The third kappa shape index (κ3) is 4.14. The van der Waals surface area contributed by atoms with Crippen molar-refractivity contribution in [2.75, 3.05) is 43.1 Å². The molecule has 0 unspecified atom stereocenters. The van der Waals surface area contributed by atoms with Crippen LogP contribution in [0.4, 0.5) is 11.5 Å². The number of rotatable bonds is 6. The summed E-state index contributed by atoms with van der Waals surface area (Å²) < 4.78 is 11.9. The topological polar surface area (TPSA) is 85.3 Å². The van der Waals surface area contributed by atoms with Crippen molar-refractivity contribution in [3.05, 3.63) is 42.6 Å². The second kappa shape index (κ2) is 8.39. The van der Waals surface area contributed by atoms with Crippen LogP contribution in [0, 0.1) is 12.8 Å². The summed E-state index contributed by atoms with van der Waals surface area (Å²) in [5, 5.41) is 3.41. The molecule has 0 atom stereocenters. The maximum atomic E-state index is 6.38. The van der Waals surface area contributed by atoms with Crippen molar-refractivity contribution < 1.29 is 9.47 Å². The minimum absolute atomic E-state index is 0.203. The zero-order valence-electron chi connectivity index (χ0n) is 17.1. The van der Waals surface area contributed by atoms with Gasteiger partial charge >= 0.3 is 0 Å². The quantitative estimate of drug-likeness (QED) is 0.669. The van der Waals surface area contributed by atoms with Gasteiger partial charge in [-0.25, -0.2) is 15.0 Å². The molecular formula is C22H26N6O2. The van der Waals surface area contributed by atoms with Crippen molar-refractivity contribution in [1.82, 2.24) is 19.9 Å². The minimum atomic E-state index is 0.203. The highest BCUT2D eigenvalue weighted by molar-refractivity contribution is 5.85. The maximum absolute atomic E-state index is 6.38. The molecule has 0 bridgehead atoms. The molecule has 0 radical (unpaired) electrons. The van der Waals surface area contributed by atoms with E-state index in [2.05, 4.69) is 42.3 Å². The zero-order chi connectivity index (χ0) is 20.3. The Kier molecular flexibility index (Phi) is 5.31. The molecule has 1 N–H and O–H groups in total. The first-order valence-electron chi connectivity index (χ1n) is 10.5. The molecule has 1 saturated heterocycles. The minimum Gasteiger partial charge on any atom is -0.488 e. The van der Waals surface area contributed by atoms with Gasteiger partial charge in [-0.1, -0.05) is 0 Å². The van der Waals surface area contributed by atoms with E-state index in [0.29, 0.717) is 5.92 Å². The fourth-order valence-electron chi connectivity index (χ4n) is 4.04. The van der Waals surface area contributed by atoms with E-state index in [1.54, 1.807) is 18.6 Å². The molecule has 3 heterocycles. The molecule has 1 aromatic carbocycles. The Hall–Kier alpha value is -3.00. The third-order valence-corrected chi connectivity index (χ3v) is 5.73. The molecule has 0 spiro atoms. The highest BCUT2D eigenvalue weighted by atomic mass is 16.5. The Labute approximate surface area is 175 Å². The molecule has 2 aromatic heterocycles. The number of fused-ring (bicyclic) bond motifs is 1. The molecule has 2 fully saturated rings. The summed E-state index contributed by atoms with van der Waals surface area (Å²) in [5.74, 6) is 3.06. The summed E-state index contributed by atoms with van der Waals surface area (Å²) in [6.07, 6.45) is 7.47. The molecule has 156 valence electrons. The maximum Gasteiger partial charge on any atom is 0.149 e. The SMILES string of the molecule is Cc1nccc(NCC2CC(Oc3cc(N4CCOCC4)cc4nccnc34)C2)n1. The predicted molar refractivity (Wildman–Crippen MR) is 115 cm³/mol. The first-order chi connectivity index (χ1) is 14.7. The lowest BCUT2D eigenvalue weighted by atomic mass is 9.82. The van der Waals surface area contributed by atoms with Crippen molar-refractivity contribution in [2.45, 2.75) is 25.9 Å². The Bertz CT molecular complexity index is 1020. The van der Waals surface area contributed by atoms with Crippen molar-refractivity contribution in [2.24, 2.45) is 5.92 Å². The Morgan fingerprint density at radius 2 is 1.93 bits per heavy atom. The molecule has 5 rings (SSSR count). The number of benzene rings is 1. The van der Waals surface area contributed by atoms with Gasteiger partial charge in [-0.15, -0.1) is 0 Å². The van der Waals surface area contributed by atoms with Crippen LogP contribution in [0.15, 0.2) is 36.8 Å². The molecule has 30 heavy (non-hydrogen) atoms. The fraction of sp³-hybridized carbons (Fsp3) is 0.455. The lowest BCUT2D eigenvalue weighted by Crippen LogP contribution is -2.38. The highest BCUT2D eigenvalue weighted by Crippen LogP contribution is 2.36. The van der Waals surface area contributed by atoms with Crippen LogP contribution >= 0.6 is 0 Å². The van der Waals surface area contributed by atoms with E-state index in [1.807, 2.05) is 13.0 Å². The number of ether oxygens (including phenoxy) is 2. The standard InChI is InChI=1S/C22H26N6O2/c1-15-23-3-2-21(27-15)26-14-16-10-18(11-16)30-20-13-17(28-6-8-29-9-7-28)12-19-22(20)25-5-4-24-19/h2-5,12-13,16,18H,6-11,14H2,1H3,(H,23,26,27). The van der Waals surface area contributed by atoms with Crippen LogP contribution in [-0.2, 0) is 4.74 Å². The van der Waals surface area contributed by atoms with Crippen molar-refractivity contribution in [3.8, 4) is 5.75 Å². The molecule has 1 aliphatic carbocycles. The van der Waals surface area contributed by atoms with Crippen LogP contribution in [-0.4, -0.2) is 58.9 Å². The first kappa shape index (κ1) is 19.0. The highest BCUT2D eigenvalue weighted by Gasteiger charge is 2.31. The number of aromatic nitrogens is 4. The number of hydrogen-bond acceptors (Lipinski definition) is 8. The lowest BCUT2D eigenvalue weighted by Gasteiger charge is -2.36. The number of morpholine rings is 1. The fourth-order valence-corrected chi connectivity index (χ4v) is 4.04. The van der Waals surface area contributed by atoms with Crippen molar-refractivity contribution in [1.29, 1.82) is 0 Å². The van der Waals surface area contributed by atoms with Gasteiger partial charge in [0.25, 0.3) is 0 Å². The van der Waals surface area contributed by atoms with Gasteiger partial charge in [-0.3, -0.25) is 4.98 Å². The average Bonchev–Trinajstić information content (AvgIpc) is 2.75. The van der Waals surface area contributed by atoms with Gasteiger partial charge in [0.2, 0.25) is 0 Å². The Balaban J connectivity index is 1.24. The van der Waals surface area contributed by atoms with Crippen LogP contribution < -0.4 is 15.0 Å². The number of nitrogens with zero attached hydrogens (tertiary/aromatic N) is 5. The summed E-state index contributed by atoms with van der Waals surface area (Å²) in [5.41, 5.74) is 2.82. The van der Waals surface area contributed by atoms with Gasteiger partial charge in [0, 0.05) is 50.0 Å². The van der Waals surface area contributed by atoms with Gasteiger partial charge in [-0.2, -0.15) is 0 Å². The van der Waals surface area contributed by atoms with Crippen LogP contribution in [0.3, 0.4) is 0 Å². The lowest BCUT2D eigenvalue weighted by molar-refractivity contribution is 0.0721. The Morgan fingerprint density at radius 3 is 2.77 bits per heavy atom. The monoisotopic (exact) mass is 406 g/mol. The summed E-state index contributed by atoms with van der Waals surface area (Å²) in [4.78, 5) is 19.9.